The normalized spacial score (nSPS) is 17.0. The first-order chi connectivity index (χ1) is 17.2. The largest absolute Gasteiger partial charge is 0.497 e. The molecule has 2 atom stereocenters. The molecule has 9 nitrogen and oxygen atoms in total. The monoisotopic (exact) mass is 506 g/mol. The van der Waals surface area contributed by atoms with Gasteiger partial charge in [-0.25, -0.2) is 4.68 Å². The van der Waals surface area contributed by atoms with Crippen LogP contribution in [0.25, 0.3) is 0 Å². The number of aromatic nitrogens is 2. The lowest BCUT2D eigenvalue weighted by Gasteiger charge is -2.34. The Kier molecular flexibility index (Phi) is 6.86. The minimum atomic E-state index is -4.60. The fourth-order valence-corrected chi connectivity index (χ4v) is 4.12. The van der Waals surface area contributed by atoms with E-state index < -0.39 is 24.2 Å². The lowest BCUT2D eigenvalue weighted by molar-refractivity contribution is -0.173. The summed E-state index contributed by atoms with van der Waals surface area (Å²) in [4.78, 5) is 13.2. The number of benzene rings is 2. The van der Waals surface area contributed by atoms with E-state index in [9.17, 15) is 18.0 Å². The van der Waals surface area contributed by atoms with Crippen molar-refractivity contribution >= 4 is 17.4 Å². The Balaban J connectivity index is 1.71. The number of hydrogen-bond donors (Lipinski definition) is 2. The van der Waals surface area contributed by atoms with Crippen LogP contribution in [-0.2, 0) is 0 Å². The van der Waals surface area contributed by atoms with Crippen LogP contribution in [0.5, 0.6) is 23.0 Å². The van der Waals surface area contributed by atoms with Gasteiger partial charge in [-0.1, -0.05) is 6.07 Å². The zero-order valence-electron chi connectivity index (χ0n) is 20.0. The van der Waals surface area contributed by atoms with E-state index in [-0.39, 0.29) is 17.8 Å². The molecule has 2 N–H and O–H groups in total. The molecule has 0 fully saturated rings. The molecule has 0 saturated heterocycles. The number of carbonyl (C=O) groups is 1. The number of fused-ring (bicyclic) bond motifs is 1. The number of nitrogens with one attached hydrogen (secondary N) is 2. The number of halogens is 3. The fraction of sp³-hybridized carbons (Fsp3) is 0.333. The Morgan fingerprint density at radius 3 is 2.33 bits per heavy atom. The number of amides is 1. The molecule has 3 aromatic rings. The molecule has 0 aliphatic carbocycles. The van der Waals surface area contributed by atoms with E-state index in [0.29, 0.717) is 34.2 Å². The quantitative estimate of drug-likeness (QED) is 0.474. The molecule has 2 heterocycles. The van der Waals surface area contributed by atoms with Gasteiger partial charge in [0, 0.05) is 12.5 Å². The highest BCUT2D eigenvalue weighted by Gasteiger charge is 2.47. The van der Waals surface area contributed by atoms with Gasteiger partial charge >= 0.3 is 6.18 Å². The number of methoxy groups -OCH3 is 4. The second-order valence-electron chi connectivity index (χ2n) is 7.98. The molecule has 0 saturated carbocycles. The number of hydrogen-bond acceptors (Lipinski definition) is 7. The number of carbonyl (C=O) groups excluding carboxylic acids is 1. The minimum absolute atomic E-state index is 0.0530. The number of nitrogens with zero attached hydrogens (tertiary/aromatic N) is 2. The Bertz CT molecular complexity index is 1260. The minimum Gasteiger partial charge on any atom is -0.497 e. The van der Waals surface area contributed by atoms with E-state index >= 15 is 0 Å². The number of rotatable bonds is 7. The molecule has 1 aliphatic rings. The van der Waals surface area contributed by atoms with Gasteiger partial charge in [-0.3, -0.25) is 4.79 Å². The Morgan fingerprint density at radius 1 is 1.00 bits per heavy atom. The fourth-order valence-electron chi connectivity index (χ4n) is 4.12. The maximum absolute atomic E-state index is 14.0. The molecule has 0 spiro atoms. The van der Waals surface area contributed by atoms with Gasteiger partial charge in [0.2, 0.25) is 0 Å². The van der Waals surface area contributed by atoms with Crippen LogP contribution >= 0.6 is 0 Å². The van der Waals surface area contributed by atoms with Crippen molar-refractivity contribution in [1.82, 2.24) is 9.78 Å². The van der Waals surface area contributed by atoms with Crippen molar-refractivity contribution in [2.24, 2.45) is 0 Å². The molecule has 0 unspecified atom stereocenters. The predicted molar refractivity (Wildman–Crippen MR) is 125 cm³/mol. The van der Waals surface area contributed by atoms with E-state index in [1.165, 1.54) is 28.4 Å². The zero-order valence-corrected chi connectivity index (χ0v) is 20.0. The van der Waals surface area contributed by atoms with Crippen molar-refractivity contribution in [3.63, 3.8) is 0 Å². The molecule has 1 amide bonds. The summed E-state index contributed by atoms with van der Waals surface area (Å²) in [7, 11) is 5.81. The summed E-state index contributed by atoms with van der Waals surface area (Å²) in [5.41, 5.74) is 0.774. The standard InChI is InChI=1S/C24H25F3N4O5/c1-33-14-6-8-18(34-2)17(10-14)30-23(32)15-12-28-31-21(24(25,26)27)11-16(29-22(15)31)13-5-7-19(35-3)20(9-13)36-4/h5-10,12,16,21,29H,11H2,1-4H3,(H,30,32)/t16-,21+/m0/s1. The molecule has 0 radical (unpaired) electrons. The van der Waals surface area contributed by atoms with Crippen molar-refractivity contribution in [2.75, 3.05) is 39.1 Å². The third kappa shape index (κ3) is 4.70. The average Bonchev–Trinajstić information content (AvgIpc) is 3.31. The maximum Gasteiger partial charge on any atom is 0.410 e. The average molecular weight is 506 g/mol. The van der Waals surface area contributed by atoms with Crippen LogP contribution in [0.1, 0.15) is 34.4 Å². The molecular weight excluding hydrogens is 481 g/mol. The number of ether oxygens (including phenoxy) is 4. The van der Waals surface area contributed by atoms with Gasteiger partial charge in [0.1, 0.15) is 22.9 Å². The Hall–Kier alpha value is -4.09. The van der Waals surface area contributed by atoms with Crippen LogP contribution in [0.15, 0.2) is 42.6 Å². The van der Waals surface area contributed by atoms with E-state index in [0.717, 1.165) is 10.9 Å². The molecule has 1 aliphatic heterocycles. The highest BCUT2D eigenvalue weighted by Crippen LogP contribution is 2.45. The molecule has 1 aromatic heterocycles. The summed E-state index contributed by atoms with van der Waals surface area (Å²) in [6.45, 7) is 0. The van der Waals surface area contributed by atoms with Crippen molar-refractivity contribution < 1.29 is 36.9 Å². The summed E-state index contributed by atoms with van der Waals surface area (Å²) < 4.78 is 63.9. The highest BCUT2D eigenvalue weighted by atomic mass is 19.4. The van der Waals surface area contributed by atoms with Crippen LogP contribution in [0.4, 0.5) is 24.7 Å². The number of alkyl halides is 3. The first-order valence-corrected chi connectivity index (χ1v) is 10.9. The molecule has 12 heteroatoms. The van der Waals surface area contributed by atoms with Gasteiger partial charge in [-0.15, -0.1) is 0 Å². The summed E-state index contributed by atoms with van der Waals surface area (Å²) >= 11 is 0. The highest BCUT2D eigenvalue weighted by molar-refractivity contribution is 6.08. The SMILES string of the molecule is COc1ccc(OC)c(NC(=O)c2cnn3c2N[C@H](c2ccc(OC)c(OC)c2)C[C@@H]3C(F)(F)F)c1. The Morgan fingerprint density at radius 2 is 1.69 bits per heavy atom. The Labute approximate surface area is 205 Å². The van der Waals surface area contributed by atoms with Gasteiger partial charge < -0.3 is 29.6 Å². The molecule has 2 aromatic carbocycles. The van der Waals surface area contributed by atoms with Gasteiger partial charge in [0.25, 0.3) is 5.91 Å². The smallest absolute Gasteiger partial charge is 0.410 e. The van der Waals surface area contributed by atoms with Crippen LogP contribution in [0.3, 0.4) is 0 Å². The lowest BCUT2D eigenvalue weighted by atomic mass is 9.96. The molecular formula is C24H25F3N4O5. The van der Waals surface area contributed by atoms with Crippen molar-refractivity contribution in [1.29, 1.82) is 0 Å². The van der Waals surface area contributed by atoms with E-state index in [2.05, 4.69) is 15.7 Å². The van der Waals surface area contributed by atoms with Crippen LogP contribution < -0.4 is 29.6 Å². The molecule has 0 bridgehead atoms. The second-order valence-corrected chi connectivity index (χ2v) is 7.98. The second kappa shape index (κ2) is 9.88. The predicted octanol–water partition coefficient (Wildman–Crippen LogP) is 4.83. The summed E-state index contributed by atoms with van der Waals surface area (Å²) in [6.07, 6.45) is -3.82. The van der Waals surface area contributed by atoms with Crippen LogP contribution in [-0.4, -0.2) is 50.3 Å². The molecule has 36 heavy (non-hydrogen) atoms. The van der Waals surface area contributed by atoms with Crippen molar-refractivity contribution in [2.45, 2.75) is 24.7 Å². The maximum atomic E-state index is 14.0. The van der Waals surface area contributed by atoms with E-state index in [4.69, 9.17) is 18.9 Å². The summed E-state index contributed by atoms with van der Waals surface area (Å²) in [6, 6.07) is 6.96. The third-order valence-electron chi connectivity index (χ3n) is 5.95. The zero-order chi connectivity index (χ0) is 26.0. The third-order valence-corrected chi connectivity index (χ3v) is 5.95. The van der Waals surface area contributed by atoms with Gasteiger partial charge in [-0.2, -0.15) is 18.3 Å². The van der Waals surface area contributed by atoms with Crippen molar-refractivity contribution in [3.8, 4) is 23.0 Å². The van der Waals surface area contributed by atoms with Crippen LogP contribution in [0, 0.1) is 0 Å². The number of anilines is 2. The van der Waals surface area contributed by atoms with Crippen LogP contribution in [0.2, 0.25) is 0 Å². The lowest BCUT2D eigenvalue weighted by Crippen LogP contribution is -2.36. The van der Waals surface area contributed by atoms with E-state index in [1.807, 2.05) is 0 Å². The first kappa shape index (κ1) is 25.0. The topological polar surface area (TPSA) is 95.9 Å². The van der Waals surface area contributed by atoms with Gasteiger partial charge in [0.05, 0.1) is 46.4 Å². The molecule has 192 valence electrons. The summed E-state index contributed by atoms with van der Waals surface area (Å²) in [5, 5.41) is 9.64. The summed E-state index contributed by atoms with van der Waals surface area (Å²) in [5.74, 6) is 0.928. The van der Waals surface area contributed by atoms with Gasteiger partial charge in [-0.05, 0) is 29.8 Å². The van der Waals surface area contributed by atoms with Crippen molar-refractivity contribution in [3.05, 3.63) is 53.7 Å². The first-order valence-electron chi connectivity index (χ1n) is 10.9. The molecule has 4 rings (SSSR count). The van der Waals surface area contributed by atoms with E-state index in [1.54, 1.807) is 36.4 Å². The van der Waals surface area contributed by atoms with Gasteiger partial charge in [0.15, 0.2) is 17.5 Å².